The number of nitrogens with zero attached hydrogens (tertiary/aromatic N) is 3. The van der Waals surface area contributed by atoms with Crippen molar-refractivity contribution in [3.8, 4) is 10.8 Å². The number of carbonyl (C=O) groups is 1. The summed E-state index contributed by atoms with van der Waals surface area (Å²) in [6.07, 6.45) is 6.86. The maximum Gasteiger partial charge on any atom is 0.263 e. The highest BCUT2D eigenvalue weighted by Crippen LogP contribution is 2.21. The zero-order valence-corrected chi connectivity index (χ0v) is 11.7. The molecule has 0 radical (unpaired) electrons. The smallest absolute Gasteiger partial charge is 0.263 e. The molecule has 20 heavy (non-hydrogen) atoms. The lowest BCUT2D eigenvalue weighted by Crippen LogP contribution is -2.42. The molecule has 1 aliphatic heterocycles. The van der Waals surface area contributed by atoms with Crippen LogP contribution in [0.2, 0.25) is 0 Å². The second-order valence-corrected chi connectivity index (χ2v) is 5.63. The van der Waals surface area contributed by atoms with Crippen LogP contribution in [0.3, 0.4) is 0 Å². The Bertz CT molecular complexity index is 579. The van der Waals surface area contributed by atoms with Gasteiger partial charge in [0.1, 0.15) is 4.88 Å². The van der Waals surface area contributed by atoms with Gasteiger partial charge in [0, 0.05) is 18.4 Å². The molecule has 1 saturated heterocycles. The predicted octanol–water partition coefficient (Wildman–Crippen LogP) is 1.08. The third-order valence-electron chi connectivity index (χ3n) is 3.16. The molecule has 1 aliphatic rings. The summed E-state index contributed by atoms with van der Waals surface area (Å²) in [7, 11) is 0. The first-order chi connectivity index (χ1) is 9.83. The number of thiazole rings is 1. The molecule has 3 heterocycles. The highest BCUT2D eigenvalue weighted by Gasteiger charge is 2.18. The first-order valence-corrected chi connectivity index (χ1v) is 7.39. The molecular formula is C13H15N5OS. The van der Waals surface area contributed by atoms with Crippen molar-refractivity contribution in [2.45, 2.75) is 18.9 Å². The van der Waals surface area contributed by atoms with Crippen molar-refractivity contribution in [3.05, 3.63) is 29.5 Å². The van der Waals surface area contributed by atoms with Crippen LogP contribution in [0.4, 0.5) is 0 Å². The first kappa shape index (κ1) is 13.1. The zero-order chi connectivity index (χ0) is 13.8. The number of hydrogen-bond donors (Lipinski definition) is 2. The summed E-state index contributed by atoms with van der Waals surface area (Å²) in [6.45, 7) is 1.91. The van der Waals surface area contributed by atoms with Crippen LogP contribution in [0.15, 0.2) is 24.7 Å². The van der Waals surface area contributed by atoms with Gasteiger partial charge in [-0.2, -0.15) is 0 Å². The van der Waals surface area contributed by atoms with Gasteiger partial charge in [0.15, 0.2) is 10.8 Å². The van der Waals surface area contributed by atoms with E-state index in [0.29, 0.717) is 15.7 Å². The Kier molecular flexibility index (Phi) is 3.98. The van der Waals surface area contributed by atoms with Gasteiger partial charge < -0.3 is 10.6 Å². The van der Waals surface area contributed by atoms with Crippen molar-refractivity contribution in [1.29, 1.82) is 0 Å². The second-order valence-electron chi connectivity index (χ2n) is 4.60. The van der Waals surface area contributed by atoms with Gasteiger partial charge in [0.2, 0.25) is 0 Å². The number of hydrogen-bond acceptors (Lipinski definition) is 6. The van der Waals surface area contributed by atoms with Gasteiger partial charge in [0.25, 0.3) is 5.91 Å². The van der Waals surface area contributed by atoms with Crippen molar-refractivity contribution in [2.24, 2.45) is 0 Å². The van der Waals surface area contributed by atoms with Gasteiger partial charge in [-0.05, 0) is 32.0 Å². The highest BCUT2D eigenvalue weighted by molar-refractivity contribution is 7.16. The summed E-state index contributed by atoms with van der Waals surface area (Å²) in [4.78, 5) is 25.2. The van der Waals surface area contributed by atoms with E-state index in [-0.39, 0.29) is 11.9 Å². The summed E-state index contributed by atoms with van der Waals surface area (Å²) in [5.74, 6) is 0.495. The Morgan fingerprint density at radius 1 is 1.25 bits per heavy atom. The molecule has 0 aromatic carbocycles. The lowest BCUT2D eigenvalue weighted by molar-refractivity contribution is 0.0933. The molecule has 0 spiro atoms. The molecule has 0 unspecified atom stereocenters. The summed E-state index contributed by atoms with van der Waals surface area (Å²) in [6, 6.07) is 2.00. The Labute approximate surface area is 120 Å². The average Bonchev–Trinajstić information content (AvgIpc) is 2.99. The quantitative estimate of drug-likeness (QED) is 0.884. The fourth-order valence-corrected chi connectivity index (χ4v) is 2.88. The van der Waals surface area contributed by atoms with E-state index in [0.717, 1.165) is 25.9 Å². The SMILES string of the molecule is O=C(NC1CCNCC1)c1cnc(-c2ncccn2)s1. The molecule has 1 fully saturated rings. The number of amides is 1. The molecule has 0 aliphatic carbocycles. The maximum atomic E-state index is 12.2. The monoisotopic (exact) mass is 289 g/mol. The summed E-state index contributed by atoms with van der Waals surface area (Å²) in [5, 5.41) is 6.99. The van der Waals surface area contributed by atoms with E-state index in [9.17, 15) is 4.79 Å². The van der Waals surface area contributed by atoms with Gasteiger partial charge in [-0.25, -0.2) is 15.0 Å². The molecule has 2 aromatic rings. The van der Waals surface area contributed by atoms with Crippen LogP contribution in [0.5, 0.6) is 0 Å². The highest BCUT2D eigenvalue weighted by atomic mass is 32.1. The first-order valence-electron chi connectivity index (χ1n) is 6.58. The molecule has 0 bridgehead atoms. The third-order valence-corrected chi connectivity index (χ3v) is 4.15. The number of aromatic nitrogens is 3. The molecule has 0 atom stereocenters. The van der Waals surface area contributed by atoms with Crippen LogP contribution < -0.4 is 10.6 Å². The van der Waals surface area contributed by atoms with Crippen molar-refractivity contribution in [3.63, 3.8) is 0 Å². The van der Waals surface area contributed by atoms with E-state index in [1.54, 1.807) is 24.7 Å². The van der Waals surface area contributed by atoms with Gasteiger partial charge in [-0.1, -0.05) is 0 Å². The molecule has 3 rings (SSSR count). The van der Waals surface area contributed by atoms with Crippen molar-refractivity contribution < 1.29 is 4.79 Å². The van der Waals surface area contributed by atoms with Crippen molar-refractivity contribution in [2.75, 3.05) is 13.1 Å². The maximum absolute atomic E-state index is 12.2. The van der Waals surface area contributed by atoms with E-state index in [2.05, 4.69) is 25.6 Å². The van der Waals surface area contributed by atoms with Gasteiger partial charge in [-0.15, -0.1) is 11.3 Å². The van der Waals surface area contributed by atoms with Crippen molar-refractivity contribution >= 4 is 17.2 Å². The molecule has 7 heteroatoms. The molecule has 0 saturated carbocycles. The van der Waals surface area contributed by atoms with E-state index in [1.165, 1.54) is 11.3 Å². The molecular weight excluding hydrogens is 274 g/mol. The van der Waals surface area contributed by atoms with Crippen LogP contribution in [0.25, 0.3) is 10.8 Å². The summed E-state index contributed by atoms with van der Waals surface area (Å²) in [5.41, 5.74) is 0. The van der Waals surface area contributed by atoms with Crippen molar-refractivity contribution in [1.82, 2.24) is 25.6 Å². The van der Waals surface area contributed by atoms with E-state index < -0.39 is 0 Å². The third kappa shape index (κ3) is 3.00. The Morgan fingerprint density at radius 3 is 2.75 bits per heavy atom. The largest absolute Gasteiger partial charge is 0.348 e. The van der Waals surface area contributed by atoms with E-state index >= 15 is 0 Å². The van der Waals surface area contributed by atoms with Crippen LogP contribution in [-0.4, -0.2) is 40.0 Å². The standard InChI is InChI=1S/C13H15N5OS/c19-12(18-9-2-6-14-7-3-9)10-8-17-13(20-10)11-15-4-1-5-16-11/h1,4-5,8-9,14H,2-3,6-7H2,(H,18,19). The molecule has 2 aromatic heterocycles. The molecule has 2 N–H and O–H groups in total. The lowest BCUT2D eigenvalue weighted by atomic mass is 10.1. The minimum atomic E-state index is -0.0587. The van der Waals surface area contributed by atoms with Crippen LogP contribution >= 0.6 is 11.3 Å². The lowest BCUT2D eigenvalue weighted by Gasteiger charge is -2.23. The Hall–Kier alpha value is -1.86. The topological polar surface area (TPSA) is 79.8 Å². The zero-order valence-electron chi connectivity index (χ0n) is 10.9. The minimum Gasteiger partial charge on any atom is -0.348 e. The molecule has 104 valence electrons. The van der Waals surface area contributed by atoms with Gasteiger partial charge in [-0.3, -0.25) is 4.79 Å². The minimum absolute atomic E-state index is 0.0587. The number of rotatable bonds is 3. The fraction of sp³-hybridized carbons (Fsp3) is 0.385. The fourth-order valence-electron chi connectivity index (χ4n) is 2.11. The van der Waals surface area contributed by atoms with Crippen LogP contribution in [0, 0.1) is 0 Å². The molecule has 1 amide bonds. The number of carbonyl (C=O) groups excluding carboxylic acids is 1. The Balaban J connectivity index is 1.68. The summed E-state index contributed by atoms with van der Waals surface area (Å²) < 4.78 is 0. The Morgan fingerprint density at radius 2 is 2.00 bits per heavy atom. The predicted molar refractivity (Wildman–Crippen MR) is 76.5 cm³/mol. The molecule has 6 nitrogen and oxygen atoms in total. The number of nitrogens with one attached hydrogen (secondary N) is 2. The van der Waals surface area contributed by atoms with Crippen LogP contribution in [-0.2, 0) is 0 Å². The normalized spacial score (nSPS) is 16.0. The summed E-state index contributed by atoms with van der Waals surface area (Å²) >= 11 is 1.32. The van der Waals surface area contributed by atoms with Crippen LogP contribution in [0.1, 0.15) is 22.5 Å². The second kappa shape index (κ2) is 6.06. The van der Waals surface area contributed by atoms with E-state index in [1.807, 2.05) is 0 Å². The average molecular weight is 289 g/mol. The van der Waals surface area contributed by atoms with Gasteiger partial charge in [0.05, 0.1) is 6.20 Å². The van der Waals surface area contributed by atoms with E-state index in [4.69, 9.17) is 0 Å². The number of piperidine rings is 1. The van der Waals surface area contributed by atoms with Gasteiger partial charge >= 0.3 is 0 Å².